The number of carbonyl (C=O) groups is 1. The molecule has 0 aromatic heterocycles. The second kappa shape index (κ2) is 8.78. The zero-order valence-corrected chi connectivity index (χ0v) is 17.9. The zero-order chi connectivity index (χ0) is 21.1. The number of methoxy groups -OCH3 is 2. The first kappa shape index (κ1) is 20.9. The van der Waals surface area contributed by atoms with Crippen molar-refractivity contribution in [1.82, 2.24) is 4.90 Å². The van der Waals surface area contributed by atoms with Gasteiger partial charge in [0, 0.05) is 12.1 Å². The lowest BCUT2D eigenvalue weighted by Crippen LogP contribution is -2.39. The van der Waals surface area contributed by atoms with Crippen LogP contribution in [-0.2, 0) is 13.0 Å². The van der Waals surface area contributed by atoms with Crippen LogP contribution in [0.15, 0.2) is 42.5 Å². The van der Waals surface area contributed by atoms with Gasteiger partial charge in [0.2, 0.25) is 0 Å². The Hall–Kier alpha value is -2.37. The number of rotatable bonds is 7. The fourth-order valence-corrected chi connectivity index (χ4v) is 5.11. The maximum atomic E-state index is 13.3. The van der Waals surface area contributed by atoms with Crippen molar-refractivity contribution in [3.63, 3.8) is 0 Å². The molecule has 0 amide bonds. The lowest BCUT2D eigenvalue weighted by atomic mass is 9.74. The highest BCUT2D eigenvalue weighted by atomic mass is 16.5. The summed E-state index contributed by atoms with van der Waals surface area (Å²) in [7, 11) is 3.18. The molecule has 1 N–H and O–H groups in total. The molecule has 1 aliphatic heterocycles. The molecule has 30 heavy (non-hydrogen) atoms. The zero-order valence-electron chi connectivity index (χ0n) is 17.9. The molecule has 1 atom stereocenters. The molecule has 0 bridgehead atoms. The van der Waals surface area contributed by atoms with Crippen LogP contribution in [0.25, 0.3) is 0 Å². The van der Waals surface area contributed by atoms with E-state index in [0.717, 1.165) is 44.5 Å². The monoisotopic (exact) mass is 409 g/mol. The van der Waals surface area contributed by atoms with Gasteiger partial charge in [-0.25, -0.2) is 0 Å². The van der Waals surface area contributed by atoms with Crippen molar-refractivity contribution in [3.8, 4) is 11.5 Å². The van der Waals surface area contributed by atoms with Crippen LogP contribution in [-0.4, -0.2) is 49.7 Å². The number of likely N-dealkylation sites (tertiary alicyclic amines) is 1. The molecule has 2 aromatic rings. The first-order chi connectivity index (χ1) is 14.6. The molecule has 5 heteroatoms. The van der Waals surface area contributed by atoms with Gasteiger partial charge in [-0.1, -0.05) is 30.3 Å². The number of benzene rings is 2. The Morgan fingerprint density at radius 3 is 2.37 bits per heavy atom. The van der Waals surface area contributed by atoms with Crippen LogP contribution in [0.2, 0.25) is 0 Å². The standard InChI is InChI=1S/C25H31NO4/c1-29-22-12-20-15-25(17-27,24(28)21(20)13-23(22)30-2)14-18-8-10-26(11-9-18)16-19-6-4-3-5-7-19/h3-7,12-13,18,27H,8-11,14-17H2,1-2H3. The van der Waals surface area contributed by atoms with Gasteiger partial charge in [0.05, 0.1) is 26.2 Å². The van der Waals surface area contributed by atoms with E-state index < -0.39 is 5.41 Å². The van der Waals surface area contributed by atoms with Crippen LogP contribution in [0.4, 0.5) is 0 Å². The van der Waals surface area contributed by atoms with E-state index in [1.165, 1.54) is 5.56 Å². The predicted octanol–water partition coefficient (Wildman–Crippen LogP) is 3.72. The van der Waals surface area contributed by atoms with Gasteiger partial charge in [0.25, 0.3) is 0 Å². The van der Waals surface area contributed by atoms with Crippen LogP contribution in [0.3, 0.4) is 0 Å². The molecule has 0 radical (unpaired) electrons. The van der Waals surface area contributed by atoms with Crippen molar-refractivity contribution in [3.05, 3.63) is 59.2 Å². The fraction of sp³-hybridized carbons (Fsp3) is 0.480. The van der Waals surface area contributed by atoms with E-state index in [-0.39, 0.29) is 12.4 Å². The van der Waals surface area contributed by atoms with Gasteiger partial charge in [-0.05, 0) is 68.0 Å². The van der Waals surface area contributed by atoms with Crippen LogP contribution in [0.5, 0.6) is 11.5 Å². The minimum absolute atomic E-state index is 0.0488. The number of carbonyl (C=O) groups excluding carboxylic acids is 1. The molecular formula is C25H31NO4. The topological polar surface area (TPSA) is 59.0 Å². The van der Waals surface area contributed by atoms with Gasteiger partial charge in [0.1, 0.15) is 0 Å². The molecule has 5 nitrogen and oxygen atoms in total. The first-order valence-corrected chi connectivity index (χ1v) is 10.8. The SMILES string of the molecule is COc1cc2c(cc1OC)C(=O)C(CO)(CC1CCN(Cc3ccccc3)CC1)C2. The Kier molecular flexibility index (Phi) is 6.11. The number of hydrogen-bond acceptors (Lipinski definition) is 5. The van der Waals surface area contributed by atoms with Crippen molar-refractivity contribution >= 4 is 5.78 Å². The summed E-state index contributed by atoms with van der Waals surface area (Å²) in [5, 5.41) is 10.3. The maximum Gasteiger partial charge on any atom is 0.172 e. The second-order valence-corrected chi connectivity index (χ2v) is 8.72. The highest BCUT2D eigenvalue weighted by molar-refractivity contribution is 6.05. The number of fused-ring (bicyclic) bond motifs is 1. The Morgan fingerprint density at radius 2 is 1.73 bits per heavy atom. The van der Waals surface area contributed by atoms with Gasteiger partial charge in [-0.15, -0.1) is 0 Å². The molecule has 160 valence electrons. The third kappa shape index (κ3) is 3.96. The molecule has 2 aliphatic rings. The second-order valence-electron chi connectivity index (χ2n) is 8.72. The quantitative estimate of drug-likeness (QED) is 0.755. The number of piperidine rings is 1. The van der Waals surface area contributed by atoms with Gasteiger partial charge >= 0.3 is 0 Å². The van der Waals surface area contributed by atoms with E-state index in [4.69, 9.17) is 9.47 Å². The minimum Gasteiger partial charge on any atom is -0.493 e. The van der Waals surface area contributed by atoms with Crippen molar-refractivity contribution in [2.75, 3.05) is 33.9 Å². The molecule has 1 saturated heterocycles. The largest absolute Gasteiger partial charge is 0.493 e. The molecule has 1 fully saturated rings. The van der Waals surface area contributed by atoms with Crippen molar-refractivity contribution in [2.45, 2.75) is 32.2 Å². The summed E-state index contributed by atoms with van der Waals surface area (Å²) >= 11 is 0. The average Bonchev–Trinajstić information content (AvgIpc) is 3.06. The van der Waals surface area contributed by atoms with E-state index >= 15 is 0 Å². The van der Waals surface area contributed by atoms with Crippen molar-refractivity contribution < 1.29 is 19.4 Å². The average molecular weight is 410 g/mol. The highest BCUT2D eigenvalue weighted by Crippen LogP contribution is 2.46. The number of hydrogen-bond donors (Lipinski definition) is 1. The number of aliphatic hydroxyl groups is 1. The number of ketones is 1. The predicted molar refractivity (Wildman–Crippen MR) is 116 cm³/mol. The summed E-state index contributed by atoms with van der Waals surface area (Å²) < 4.78 is 10.8. The van der Waals surface area contributed by atoms with Crippen LogP contribution in [0.1, 0.15) is 40.7 Å². The summed E-state index contributed by atoms with van der Waals surface area (Å²) in [6, 6.07) is 14.2. The van der Waals surface area contributed by atoms with Gasteiger partial charge < -0.3 is 14.6 Å². The summed E-state index contributed by atoms with van der Waals surface area (Å²) in [6.45, 7) is 2.92. The Bertz CT molecular complexity index is 890. The molecular weight excluding hydrogens is 378 g/mol. The lowest BCUT2D eigenvalue weighted by Gasteiger charge is -2.36. The molecule has 1 unspecified atom stereocenters. The third-order valence-corrected chi connectivity index (χ3v) is 6.80. The molecule has 0 spiro atoms. The smallest absolute Gasteiger partial charge is 0.172 e. The van der Waals surface area contributed by atoms with E-state index in [0.29, 0.717) is 29.4 Å². The van der Waals surface area contributed by atoms with Crippen molar-refractivity contribution in [2.24, 2.45) is 11.3 Å². The highest BCUT2D eigenvalue weighted by Gasteiger charge is 2.47. The molecule has 2 aromatic carbocycles. The maximum absolute atomic E-state index is 13.3. The fourth-order valence-electron chi connectivity index (χ4n) is 5.11. The van der Waals surface area contributed by atoms with Crippen LogP contribution >= 0.6 is 0 Å². The molecule has 4 rings (SSSR count). The van der Waals surface area contributed by atoms with Gasteiger partial charge in [-0.3, -0.25) is 9.69 Å². The molecule has 0 saturated carbocycles. The van der Waals surface area contributed by atoms with Gasteiger partial charge in [-0.2, -0.15) is 0 Å². The minimum atomic E-state index is -0.716. The number of Topliss-reactive ketones (excluding diaryl/α,β-unsaturated/α-hetero) is 1. The normalized spacial score (nSPS) is 22.2. The summed E-state index contributed by atoms with van der Waals surface area (Å²) in [5.41, 5.74) is 2.25. The molecule has 1 aliphatic carbocycles. The van der Waals surface area contributed by atoms with E-state index in [1.54, 1.807) is 20.3 Å². The number of ether oxygens (including phenoxy) is 2. The van der Waals surface area contributed by atoms with Gasteiger partial charge in [0.15, 0.2) is 17.3 Å². The summed E-state index contributed by atoms with van der Waals surface area (Å²) in [5.74, 6) is 1.69. The van der Waals surface area contributed by atoms with E-state index in [2.05, 4.69) is 29.2 Å². The first-order valence-electron chi connectivity index (χ1n) is 10.8. The van der Waals surface area contributed by atoms with E-state index in [1.807, 2.05) is 12.1 Å². The lowest BCUT2D eigenvalue weighted by molar-refractivity contribution is 0.0532. The Balaban J connectivity index is 1.43. The van der Waals surface area contributed by atoms with E-state index in [9.17, 15) is 9.90 Å². The molecule has 1 heterocycles. The Morgan fingerprint density at radius 1 is 1.07 bits per heavy atom. The Labute approximate surface area is 178 Å². The number of nitrogens with zero attached hydrogens (tertiary/aromatic N) is 1. The van der Waals surface area contributed by atoms with Crippen LogP contribution in [0, 0.1) is 11.3 Å². The van der Waals surface area contributed by atoms with Crippen LogP contribution < -0.4 is 9.47 Å². The van der Waals surface area contributed by atoms with Crippen molar-refractivity contribution in [1.29, 1.82) is 0 Å². The number of aliphatic hydroxyl groups excluding tert-OH is 1. The third-order valence-electron chi connectivity index (χ3n) is 6.80. The summed E-state index contributed by atoms with van der Waals surface area (Å²) in [6.07, 6.45) is 3.43. The summed E-state index contributed by atoms with van der Waals surface area (Å²) in [4.78, 5) is 15.8.